The van der Waals surface area contributed by atoms with Crippen LogP contribution >= 0.6 is 0 Å². The Kier molecular flexibility index (Phi) is 2.99. The first-order chi connectivity index (χ1) is 6.44. The van der Waals surface area contributed by atoms with Gasteiger partial charge in [0.1, 0.15) is 5.76 Å². The number of hydrogen-bond donors (Lipinski definition) is 1. The maximum absolute atomic E-state index is 10.3. The summed E-state index contributed by atoms with van der Waals surface area (Å²) in [6.07, 6.45) is 5.15. The number of carboxylic acid groups (broad SMARTS) is 1. The Morgan fingerprint density at radius 3 is 2.64 bits per heavy atom. The first kappa shape index (κ1) is 10.8. The van der Waals surface area contributed by atoms with Gasteiger partial charge in [0.05, 0.1) is 0 Å². The molecule has 0 aromatic rings. The van der Waals surface area contributed by atoms with Crippen molar-refractivity contribution in [1.82, 2.24) is 0 Å². The summed E-state index contributed by atoms with van der Waals surface area (Å²) in [5.41, 5.74) is 0.116. The zero-order chi connectivity index (χ0) is 10.8. The Morgan fingerprint density at radius 2 is 2.29 bits per heavy atom. The topological polar surface area (TPSA) is 46.5 Å². The molecule has 1 rings (SSSR count). The van der Waals surface area contributed by atoms with Crippen LogP contribution in [0.2, 0.25) is 0 Å². The third kappa shape index (κ3) is 2.37. The lowest BCUT2D eigenvalue weighted by atomic mass is 9.74. The highest BCUT2D eigenvalue weighted by atomic mass is 16.7. The van der Waals surface area contributed by atoms with Crippen molar-refractivity contribution in [3.8, 4) is 0 Å². The van der Waals surface area contributed by atoms with Crippen molar-refractivity contribution in [2.45, 2.75) is 27.2 Å². The molecule has 1 N–H and O–H groups in total. The highest BCUT2D eigenvalue weighted by molar-refractivity contribution is 5.59. The molecule has 1 aliphatic rings. The minimum Gasteiger partial charge on any atom is -0.449 e. The van der Waals surface area contributed by atoms with Crippen LogP contribution in [0.5, 0.6) is 0 Å². The second kappa shape index (κ2) is 3.86. The predicted octanol–water partition coefficient (Wildman–Crippen LogP) is 3.19. The van der Waals surface area contributed by atoms with E-state index in [-0.39, 0.29) is 5.41 Å². The average molecular weight is 196 g/mol. The SMILES string of the molecule is CC(C)C1(C)C=CC(OC(=O)O)=CC1. The van der Waals surface area contributed by atoms with E-state index in [0.29, 0.717) is 11.7 Å². The number of ether oxygens (including phenoxy) is 1. The van der Waals surface area contributed by atoms with Gasteiger partial charge in [0.25, 0.3) is 0 Å². The van der Waals surface area contributed by atoms with Crippen LogP contribution in [0.15, 0.2) is 24.0 Å². The monoisotopic (exact) mass is 196 g/mol. The molecule has 0 fully saturated rings. The zero-order valence-electron chi connectivity index (χ0n) is 8.78. The number of carbonyl (C=O) groups is 1. The van der Waals surface area contributed by atoms with E-state index in [2.05, 4.69) is 25.5 Å². The standard InChI is InChI=1S/C11H16O3/c1-8(2)11(3)6-4-9(5-7-11)14-10(12)13/h4-6,8H,7H2,1-3H3,(H,12,13). The molecule has 0 heterocycles. The number of hydrogen-bond acceptors (Lipinski definition) is 2. The van der Waals surface area contributed by atoms with Crippen LogP contribution in [0.1, 0.15) is 27.2 Å². The molecule has 3 heteroatoms. The molecule has 1 aliphatic carbocycles. The average Bonchev–Trinajstić information content (AvgIpc) is 2.08. The minimum absolute atomic E-state index is 0.116. The van der Waals surface area contributed by atoms with Gasteiger partial charge in [0.15, 0.2) is 0 Å². The maximum Gasteiger partial charge on any atom is 0.511 e. The van der Waals surface area contributed by atoms with Crippen molar-refractivity contribution in [2.75, 3.05) is 0 Å². The van der Waals surface area contributed by atoms with E-state index in [1.165, 1.54) is 0 Å². The van der Waals surface area contributed by atoms with E-state index in [9.17, 15) is 4.79 Å². The second-order valence-electron chi connectivity index (χ2n) is 4.17. The van der Waals surface area contributed by atoms with Crippen LogP contribution in [-0.2, 0) is 4.74 Å². The van der Waals surface area contributed by atoms with Crippen molar-refractivity contribution < 1.29 is 14.6 Å². The Labute approximate surface area is 84.1 Å². The zero-order valence-corrected chi connectivity index (χ0v) is 8.78. The maximum atomic E-state index is 10.3. The summed E-state index contributed by atoms with van der Waals surface area (Å²) in [6, 6.07) is 0. The summed E-state index contributed by atoms with van der Waals surface area (Å²) in [7, 11) is 0. The molecule has 1 atom stereocenters. The van der Waals surface area contributed by atoms with Crippen molar-refractivity contribution in [3.63, 3.8) is 0 Å². The largest absolute Gasteiger partial charge is 0.511 e. The molecule has 78 valence electrons. The molecule has 0 spiro atoms. The normalized spacial score (nSPS) is 26.1. The minimum atomic E-state index is -1.26. The van der Waals surface area contributed by atoms with Gasteiger partial charge in [-0.2, -0.15) is 0 Å². The quantitative estimate of drug-likeness (QED) is 0.690. The summed E-state index contributed by atoms with van der Waals surface area (Å²) in [6.45, 7) is 6.46. The fourth-order valence-corrected chi connectivity index (χ4v) is 1.33. The smallest absolute Gasteiger partial charge is 0.449 e. The van der Waals surface area contributed by atoms with Gasteiger partial charge >= 0.3 is 6.16 Å². The fraction of sp³-hybridized carbons (Fsp3) is 0.545. The number of allylic oxidation sites excluding steroid dienone is 3. The second-order valence-corrected chi connectivity index (χ2v) is 4.17. The summed E-state index contributed by atoms with van der Waals surface area (Å²) in [5, 5.41) is 8.41. The van der Waals surface area contributed by atoms with Gasteiger partial charge in [-0.3, -0.25) is 0 Å². The van der Waals surface area contributed by atoms with E-state index in [1.807, 2.05) is 12.2 Å². The summed E-state index contributed by atoms with van der Waals surface area (Å²) < 4.78 is 4.56. The summed E-state index contributed by atoms with van der Waals surface area (Å²) in [4.78, 5) is 10.3. The lowest BCUT2D eigenvalue weighted by Gasteiger charge is -2.31. The highest BCUT2D eigenvalue weighted by Crippen LogP contribution is 2.36. The first-order valence-electron chi connectivity index (χ1n) is 4.74. The third-order valence-electron chi connectivity index (χ3n) is 2.90. The fourth-order valence-electron chi connectivity index (χ4n) is 1.33. The Hall–Kier alpha value is -1.25. The number of rotatable bonds is 2. The molecule has 0 aliphatic heterocycles. The van der Waals surface area contributed by atoms with Gasteiger partial charge in [-0.15, -0.1) is 0 Å². The molecule has 0 radical (unpaired) electrons. The van der Waals surface area contributed by atoms with Crippen molar-refractivity contribution in [2.24, 2.45) is 11.3 Å². The van der Waals surface area contributed by atoms with Crippen LogP contribution in [0.3, 0.4) is 0 Å². The van der Waals surface area contributed by atoms with Crippen molar-refractivity contribution >= 4 is 6.16 Å². The van der Waals surface area contributed by atoms with E-state index in [1.54, 1.807) is 6.08 Å². The third-order valence-corrected chi connectivity index (χ3v) is 2.90. The summed E-state index contributed by atoms with van der Waals surface area (Å²) >= 11 is 0. The van der Waals surface area contributed by atoms with Crippen LogP contribution in [-0.4, -0.2) is 11.3 Å². The van der Waals surface area contributed by atoms with E-state index >= 15 is 0 Å². The van der Waals surface area contributed by atoms with Crippen LogP contribution < -0.4 is 0 Å². The van der Waals surface area contributed by atoms with Crippen LogP contribution in [0, 0.1) is 11.3 Å². The molecule has 0 aromatic heterocycles. The van der Waals surface area contributed by atoms with Gasteiger partial charge in [0.2, 0.25) is 0 Å². The molecule has 0 aromatic carbocycles. The predicted molar refractivity (Wildman–Crippen MR) is 53.9 cm³/mol. The molecular formula is C11H16O3. The van der Waals surface area contributed by atoms with Gasteiger partial charge in [0, 0.05) is 0 Å². The van der Waals surface area contributed by atoms with Gasteiger partial charge < -0.3 is 9.84 Å². The van der Waals surface area contributed by atoms with Crippen LogP contribution in [0.25, 0.3) is 0 Å². The molecule has 14 heavy (non-hydrogen) atoms. The highest BCUT2D eigenvalue weighted by Gasteiger charge is 2.26. The summed E-state index contributed by atoms with van der Waals surface area (Å²) in [5.74, 6) is 0.956. The lowest BCUT2D eigenvalue weighted by Crippen LogP contribution is -2.22. The molecule has 0 amide bonds. The molecule has 3 nitrogen and oxygen atoms in total. The molecule has 0 saturated carbocycles. The molecule has 1 unspecified atom stereocenters. The molecule has 0 bridgehead atoms. The Balaban J connectivity index is 2.65. The Bertz CT molecular complexity index is 289. The molecule has 0 saturated heterocycles. The van der Waals surface area contributed by atoms with E-state index in [4.69, 9.17) is 5.11 Å². The van der Waals surface area contributed by atoms with Crippen molar-refractivity contribution in [3.05, 3.63) is 24.0 Å². The molecular weight excluding hydrogens is 180 g/mol. The van der Waals surface area contributed by atoms with Gasteiger partial charge in [-0.1, -0.05) is 26.8 Å². The van der Waals surface area contributed by atoms with Gasteiger partial charge in [-0.25, -0.2) is 4.79 Å². The Morgan fingerprint density at radius 1 is 1.64 bits per heavy atom. The lowest BCUT2D eigenvalue weighted by molar-refractivity contribution is 0.120. The van der Waals surface area contributed by atoms with E-state index < -0.39 is 6.16 Å². The van der Waals surface area contributed by atoms with Gasteiger partial charge in [-0.05, 0) is 29.9 Å². The first-order valence-corrected chi connectivity index (χ1v) is 4.74. The van der Waals surface area contributed by atoms with E-state index in [0.717, 1.165) is 6.42 Å². The van der Waals surface area contributed by atoms with Crippen LogP contribution in [0.4, 0.5) is 4.79 Å². The van der Waals surface area contributed by atoms with Crippen molar-refractivity contribution in [1.29, 1.82) is 0 Å².